The van der Waals surface area contributed by atoms with Crippen LogP contribution in [0.4, 0.5) is 0 Å². The molecule has 0 bridgehead atoms. The summed E-state index contributed by atoms with van der Waals surface area (Å²) in [6.45, 7) is 0.611. The van der Waals surface area contributed by atoms with Crippen molar-refractivity contribution in [2.45, 2.75) is 24.4 Å². The van der Waals surface area contributed by atoms with Crippen LogP contribution in [0, 0.1) is 6.61 Å². The van der Waals surface area contributed by atoms with Crippen LogP contribution >= 0.6 is 0 Å². The van der Waals surface area contributed by atoms with Gasteiger partial charge < -0.3 is 25.2 Å². The first-order valence-electron chi connectivity index (χ1n) is 3.30. The molecule has 11 heavy (non-hydrogen) atoms. The van der Waals surface area contributed by atoms with Crippen molar-refractivity contribution in [2.75, 3.05) is 6.61 Å². The third-order valence-electron chi connectivity index (χ3n) is 1.65. The van der Waals surface area contributed by atoms with E-state index in [4.69, 9.17) is 20.4 Å². The Kier molecular flexibility index (Phi) is 2.80. The fourth-order valence-electron chi connectivity index (χ4n) is 0.915. The molecule has 0 amide bonds. The van der Waals surface area contributed by atoms with E-state index in [2.05, 4.69) is 4.74 Å². The van der Waals surface area contributed by atoms with Crippen LogP contribution < -0.4 is 0 Å². The van der Waals surface area contributed by atoms with Gasteiger partial charge in [0, 0.05) is 0 Å². The predicted molar refractivity (Wildman–Crippen MR) is 34.3 cm³/mol. The van der Waals surface area contributed by atoms with Gasteiger partial charge in [-0.05, 0) is 0 Å². The Morgan fingerprint density at radius 1 is 1.18 bits per heavy atom. The van der Waals surface area contributed by atoms with E-state index in [0.717, 1.165) is 6.61 Å². The van der Waals surface area contributed by atoms with Crippen molar-refractivity contribution in [3.05, 3.63) is 6.61 Å². The molecule has 1 saturated heterocycles. The molecule has 0 unspecified atom stereocenters. The van der Waals surface area contributed by atoms with Gasteiger partial charge in [-0.25, -0.2) is 0 Å². The molecule has 1 aliphatic rings. The number of aliphatic hydroxyl groups excluding tert-OH is 4. The number of hydrogen-bond acceptors (Lipinski definition) is 5. The van der Waals surface area contributed by atoms with Crippen LogP contribution in [0.1, 0.15) is 0 Å². The van der Waals surface area contributed by atoms with Gasteiger partial charge in [-0.2, -0.15) is 0 Å². The maximum Gasteiger partial charge on any atom is 0.115 e. The summed E-state index contributed by atoms with van der Waals surface area (Å²) in [4.78, 5) is 0. The molecule has 1 rings (SSSR count). The highest BCUT2D eigenvalue weighted by Crippen LogP contribution is 2.17. The second-order valence-electron chi connectivity index (χ2n) is 2.46. The van der Waals surface area contributed by atoms with Gasteiger partial charge in [0.15, 0.2) is 0 Å². The fraction of sp³-hybridized carbons (Fsp3) is 0.833. The lowest BCUT2D eigenvalue weighted by Gasteiger charge is -2.33. The maximum absolute atomic E-state index is 9.09. The van der Waals surface area contributed by atoms with E-state index in [1.165, 1.54) is 0 Å². The van der Waals surface area contributed by atoms with Gasteiger partial charge in [0.2, 0.25) is 0 Å². The topological polar surface area (TPSA) is 90.2 Å². The van der Waals surface area contributed by atoms with Crippen molar-refractivity contribution in [1.82, 2.24) is 0 Å². The van der Waals surface area contributed by atoms with Crippen LogP contribution in [-0.4, -0.2) is 51.4 Å². The lowest BCUT2D eigenvalue weighted by Crippen LogP contribution is -2.52. The first-order chi connectivity index (χ1) is 5.16. The van der Waals surface area contributed by atoms with Gasteiger partial charge in [0.1, 0.15) is 31.0 Å². The lowest BCUT2D eigenvalue weighted by atomic mass is 10.0. The zero-order valence-corrected chi connectivity index (χ0v) is 5.79. The minimum Gasteiger partial charge on any atom is -0.394 e. The highest BCUT2D eigenvalue weighted by molar-refractivity contribution is 4.91. The molecule has 1 aliphatic heterocycles. The average molecular weight is 163 g/mol. The normalized spacial score (nSPS) is 45.8. The quantitative estimate of drug-likeness (QED) is 0.346. The molecular formula is C6H11O5. The predicted octanol–water partition coefficient (Wildman–Crippen LogP) is -2.38. The van der Waals surface area contributed by atoms with Crippen LogP contribution in [0.5, 0.6) is 0 Å². The van der Waals surface area contributed by atoms with E-state index >= 15 is 0 Å². The van der Waals surface area contributed by atoms with Crippen LogP contribution in [0.3, 0.4) is 0 Å². The number of aliphatic hydroxyl groups is 4. The van der Waals surface area contributed by atoms with Crippen LogP contribution in [0.2, 0.25) is 0 Å². The molecule has 0 aliphatic carbocycles. The maximum atomic E-state index is 9.09. The molecule has 0 saturated carbocycles. The Labute approximate surface area is 63.8 Å². The van der Waals surface area contributed by atoms with Crippen molar-refractivity contribution in [3.8, 4) is 0 Å². The van der Waals surface area contributed by atoms with E-state index in [-0.39, 0.29) is 6.61 Å². The van der Waals surface area contributed by atoms with Gasteiger partial charge in [0.05, 0.1) is 6.61 Å². The third kappa shape index (κ3) is 1.69. The molecule has 0 aromatic rings. The number of rotatable bonds is 1. The van der Waals surface area contributed by atoms with E-state index in [0.29, 0.717) is 0 Å². The van der Waals surface area contributed by atoms with Crippen molar-refractivity contribution < 1.29 is 25.2 Å². The standard InChI is InChI=1S/C6H11O5/c7-1-4-6(10)5(9)3(8)2-11-4/h2-10H,1H2/t3-,4+,5-,6-/m0/s1. The van der Waals surface area contributed by atoms with Crippen molar-refractivity contribution >= 4 is 0 Å². The third-order valence-corrected chi connectivity index (χ3v) is 1.65. The van der Waals surface area contributed by atoms with Gasteiger partial charge in [-0.3, -0.25) is 0 Å². The zero-order valence-electron chi connectivity index (χ0n) is 5.79. The number of hydrogen-bond donors (Lipinski definition) is 4. The van der Waals surface area contributed by atoms with Crippen LogP contribution in [0.15, 0.2) is 0 Å². The lowest BCUT2D eigenvalue weighted by molar-refractivity contribution is -0.169. The summed E-state index contributed by atoms with van der Waals surface area (Å²) in [5, 5.41) is 35.6. The van der Waals surface area contributed by atoms with Crippen LogP contribution in [0.25, 0.3) is 0 Å². The van der Waals surface area contributed by atoms with Crippen molar-refractivity contribution in [1.29, 1.82) is 0 Å². The zero-order chi connectivity index (χ0) is 8.43. The molecule has 1 heterocycles. The van der Waals surface area contributed by atoms with Crippen LogP contribution in [-0.2, 0) is 4.74 Å². The van der Waals surface area contributed by atoms with E-state index in [1.807, 2.05) is 0 Å². The summed E-state index contributed by atoms with van der Waals surface area (Å²) in [6.07, 6.45) is -4.54. The van der Waals surface area contributed by atoms with Crippen molar-refractivity contribution in [2.24, 2.45) is 0 Å². The highest BCUT2D eigenvalue weighted by Gasteiger charge is 2.37. The molecule has 65 valence electrons. The summed E-state index contributed by atoms with van der Waals surface area (Å²) >= 11 is 0. The van der Waals surface area contributed by atoms with E-state index < -0.39 is 24.4 Å². The molecule has 4 N–H and O–H groups in total. The Bertz CT molecular complexity index is 126. The largest absolute Gasteiger partial charge is 0.394 e. The summed E-state index contributed by atoms with van der Waals surface area (Å²) in [5.74, 6) is 0. The Hall–Kier alpha value is -0.200. The molecule has 0 spiro atoms. The van der Waals surface area contributed by atoms with Gasteiger partial charge in [-0.15, -0.1) is 0 Å². The first-order valence-corrected chi connectivity index (χ1v) is 3.30. The minimum absolute atomic E-state index is 0.387. The molecule has 0 aromatic heterocycles. The first kappa shape index (κ1) is 8.89. The second-order valence-corrected chi connectivity index (χ2v) is 2.46. The average Bonchev–Trinajstić information content (AvgIpc) is 2.01. The summed E-state index contributed by atoms with van der Waals surface area (Å²) in [5.41, 5.74) is 0. The Balaban J connectivity index is 2.52. The molecule has 0 aromatic carbocycles. The minimum atomic E-state index is -1.28. The van der Waals surface area contributed by atoms with E-state index in [9.17, 15) is 0 Å². The van der Waals surface area contributed by atoms with Gasteiger partial charge in [-0.1, -0.05) is 0 Å². The fourth-order valence-corrected chi connectivity index (χ4v) is 0.915. The molecular weight excluding hydrogens is 152 g/mol. The summed E-state index contributed by atoms with van der Waals surface area (Å²) < 4.78 is 4.69. The van der Waals surface area contributed by atoms with Gasteiger partial charge >= 0.3 is 0 Å². The number of ether oxygens (including phenoxy) is 1. The Morgan fingerprint density at radius 3 is 2.36 bits per heavy atom. The summed E-state index contributed by atoms with van der Waals surface area (Å²) in [7, 11) is 0. The molecule has 1 radical (unpaired) electrons. The molecule has 5 heteroatoms. The molecule has 5 nitrogen and oxygen atoms in total. The van der Waals surface area contributed by atoms with Gasteiger partial charge in [0.25, 0.3) is 0 Å². The monoisotopic (exact) mass is 163 g/mol. The van der Waals surface area contributed by atoms with Crippen molar-refractivity contribution in [3.63, 3.8) is 0 Å². The summed E-state index contributed by atoms with van der Waals surface area (Å²) in [6, 6.07) is 0. The van der Waals surface area contributed by atoms with E-state index in [1.54, 1.807) is 0 Å². The smallest absolute Gasteiger partial charge is 0.115 e. The second kappa shape index (κ2) is 3.46. The SMILES string of the molecule is OC[C@H]1O[CH][C@H](O)[C@H](O)[C@H]1O. The highest BCUT2D eigenvalue weighted by atomic mass is 16.5. The molecule has 4 atom stereocenters. The molecule has 1 fully saturated rings. The Morgan fingerprint density at radius 2 is 1.82 bits per heavy atom.